The summed E-state index contributed by atoms with van der Waals surface area (Å²) < 4.78 is 40.4. The van der Waals surface area contributed by atoms with Crippen molar-refractivity contribution in [2.24, 2.45) is 4.99 Å². The first-order chi connectivity index (χ1) is 13.3. The molecule has 146 valence electrons. The van der Waals surface area contributed by atoms with Crippen LogP contribution in [0.4, 0.5) is 18.9 Å². The summed E-state index contributed by atoms with van der Waals surface area (Å²) in [6.07, 6.45) is -4.70. The quantitative estimate of drug-likeness (QED) is 0.843. The van der Waals surface area contributed by atoms with E-state index in [0.29, 0.717) is 5.69 Å². The molecule has 0 bridgehead atoms. The second-order valence-electron chi connectivity index (χ2n) is 6.13. The molecule has 28 heavy (non-hydrogen) atoms. The van der Waals surface area contributed by atoms with E-state index in [9.17, 15) is 22.8 Å². The molecule has 0 fully saturated rings. The fraction of sp³-hybridized carbons (Fsp3) is 0.211. The first-order valence-electron chi connectivity index (χ1n) is 8.43. The lowest BCUT2D eigenvalue weighted by Crippen LogP contribution is -2.58. The van der Waals surface area contributed by atoms with Gasteiger partial charge in [0.15, 0.2) is 6.04 Å². The molecule has 2 N–H and O–H groups in total. The van der Waals surface area contributed by atoms with E-state index in [0.717, 1.165) is 5.01 Å². The maximum Gasteiger partial charge on any atom is 0.412 e. The molecule has 1 aliphatic heterocycles. The Bertz CT molecular complexity index is 885. The topological polar surface area (TPSA) is 73.8 Å². The van der Waals surface area contributed by atoms with Gasteiger partial charge in [-0.25, -0.2) is 10.0 Å². The number of rotatable bonds is 4. The minimum absolute atomic E-state index is 0.108. The van der Waals surface area contributed by atoms with Crippen LogP contribution in [0.15, 0.2) is 65.7 Å². The molecule has 2 atom stereocenters. The number of carbonyl (C=O) groups is 2. The second kappa shape index (κ2) is 7.71. The van der Waals surface area contributed by atoms with Crippen LogP contribution in [0, 0.1) is 0 Å². The number of nitrogens with zero attached hydrogens (tertiary/aromatic N) is 2. The number of alkyl halides is 3. The highest BCUT2D eigenvalue weighted by Crippen LogP contribution is 2.32. The van der Waals surface area contributed by atoms with Crippen molar-refractivity contribution in [1.29, 1.82) is 0 Å². The molecule has 0 radical (unpaired) electrons. The van der Waals surface area contributed by atoms with E-state index in [2.05, 4.69) is 10.4 Å². The van der Waals surface area contributed by atoms with Gasteiger partial charge in [-0.1, -0.05) is 48.5 Å². The molecule has 0 spiro atoms. The van der Waals surface area contributed by atoms with Gasteiger partial charge in [-0.05, 0) is 24.6 Å². The number of aliphatic imine (C=N–C) groups is 1. The largest absolute Gasteiger partial charge is 0.412 e. The molecule has 2 aromatic carbocycles. The Hall–Kier alpha value is -3.36. The molecule has 0 saturated carbocycles. The fourth-order valence-electron chi connectivity index (χ4n) is 2.70. The van der Waals surface area contributed by atoms with Crippen LogP contribution in [0.5, 0.6) is 0 Å². The molecule has 0 saturated heterocycles. The maximum absolute atomic E-state index is 13.5. The number of hydrogen-bond acceptors (Lipinski definition) is 4. The van der Waals surface area contributed by atoms with Crippen LogP contribution in [0.3, 0.4) is 0 Å². The number of para-hydroxylation sites is 1. The molecule has 3 rings (SSSR count). The summed E-state index contributed by atoms with van der Waals surface area (Å²) in [5.41, 5.74) is 2.84. The Kier molecular flexibility index (Phi) is 5.34. The van der Waals surface area contributed by atoms with Gasteiger partial charge in [-0.3, -0.25) is 15.0 Å². The first-order valence-corrected chi connectivity index (χ1v) is 8.43. The Morgan fingerprint density at radius 3 is 2.25 bits per heavy atom. The van der Waals surface area contributed by atoms with Gasteiger partial charge < -0.3 is 5.32 Å². The number of hydrogen-bond donors (Lipinski definition) is 2. The molecule has 1 aliphatic rings. The van der Waals surface area contributed by atoms with E-state index < -0.39 is 30.1 Å². The number of benzene rings is 2. The lowest BCUT2D eigenvalue weighted by atomic mass is 10.1. The van der Waals surface area contributed by atoms with Crippen molar-refractivity contribution in [2.75, 3.05) is 5.01 Å². The third kappa shape index (κ3) is 4.13. The zero-order chi connectivity index (χ0) is 20.3. The Morgan fingerprint density at radius 2 is 1.68 bits per heavy atom. The summed E-state index contributed by atoms with van der Waals surface area (Å²) in [5, 5.41) is 3.05. The van der Waals surface area contributed by atoms with Gasteiger partial charge in [0.05, 0.1) is 5.69 Å². The molecule has 0 aromatic heterocycles. The highest BCUT2D eigenvalue weighted by molar-refractivity contribution is 6.39. The summed E-state index contributed by atoms with van der Waals surface area (Å²) in [5.74, 6) is -1.87. The second-order valence-corrected chi connectivity index (χ2v) is 6.13. The predicted molar refractivity (Wildman–Crippen MR) is 97.3 cm³/mol. The average Bonchev–Trinajstić information content (AvgIpc) is 2.68. The normalized spacial score (nSPS) is 18.1. The molecule has 6 nitrogen and oxygen atoms in total. The van der Waals surface area contributed by atoms with Crippen molar-refractivity contribution in [1.82, 2.24) is 10.7 Å². The minimum Gasteiger partial charge on any atom is -0.334 e. The van der Waals surface area contributed by atoms with E-state index in [4.69, 9.17) is 0 Å². The number of halogens is 3. The van der Waals surface area contributed by atoms with Gasteiger partial charge in [-0.2, -0.15) is 13.2 Å². The molecular formula is C19H17F3N4O2. The highest BCUT2D eigenvalue weighted by atomic mass is 19.4. The summed E-state index contributed by atoms with van der Waals surface area (Å²) in [7, 11) is 0. The Labute approximate surface area is 159 Å². The zero-order valence-electron chi connectivity index (χ0n) is 14.8. The first kappa shape index (κ1) is 19.4. The molecule has 1 heterocycles. The number of carbonyl (C=O) groups excluding carboxylic acids is 2. The minimum atomic E-state index is -4.70. The lowest BCUT2D eigenvalue weighted by Gasteiger charge is -2.31. The summed E-state index contributed by atoms with van der Waals surface area (Å²) in [6.45, 7) is 1.46. The molecule has 2 aromatic rings. The fourth-order valence-corrected chi connectivity index (χ4v) is 2.70. The number of amidine groups is 1. The average molecular weight is 390 g/mol. The van der Waals surface area contributed by atoms with Gasteiger partial charge in [0.1, 0.15) is 6.04 Å². The van der Waals surface area contributed by atoms with Crippen molar-refractivity contribution in [2.45, 2.75) is 25.2 Å². The van der Waals surface area contributed by atoms with Gasteiger partial charge in [0.25, 0.3) is 11.8 Å². The third-order valence-electron chi connectivity index (χ3n) is 4.08. The van der Waals surface area contributed by atoms with Crippen LogP contribution in [0.25, 0.3) is 0 Å². The van der Waals surface area contributed by atoms with Crippen LogP contribution >= 0.6 is 0 Å². The molecule has 9 heteroatoms. The van der Waals surface area contributed by atoms with Gasteiger partial charge >= 0.3 is 6.18 Å². The van der Waals surface area contributed by atoms with E-state index >= 15 is 0 Å². The van der Waals surface area contributed by atoms with Crippen molar-refractivity contribution < 1.29 is 22.8 Å². The molecular weight excluding hydrogens is 373 g/mol. The highest BCUT2D eigenvalue weighted by Gasteiger charge is 2.43. The van der Waals surface area contributed by atoms with Gasteiger partial charge in [0.2, 0.25) is 5.84 Å². The monoisotopic (exact) mass is 390 g/mol. The van der Waals surface area contributed by atoms with Crippen LogP contribution in [0.1, 0.15) is 18.5 Å². The van der Waals surface area contributed by atoms with Crippen molar-refractivity contribution >= 4 is 23.3 Å². The van der Waals surface area contributed by atoms with Crippen LogP contribution < -0.4 is 15.8 Å². The van der Waals surface area contributed by atoms with Crippen LogP contribution in [-0.2, 0) is 9.59 Å². The van der Waals surface area contributed by atoms with Crippen LogP contribution in [0.2, 0.25) is 0 Å². The molecule has 0 aliphatic carbocycles. The van der Waals surface area contributed by atoms with E-state index in [1.165, 1.54) is 31.2 Å². The number of anilines is 1. The van der Waals surface area contributed by atoms with E-state index in [-0.39, 0.29) is 11.4 Å². The number of amides is 2. The molecule has 2 unspecified atom stereocenters. The SMILES string of the molecule is CC1N=C(C(=O)NC(c2ccccc2)C(F)(F)F)NN(c2ccccc2)C1=O. The number of hydrazine groups is 1. The van der Waals surface area contributed by atoms with Crippen molar-refractivity contribution in [3.63, 3.8) is 0 Å². The summed E-state index contributed by atoms with van der Waals surface area (Å²) >= 11 is 0. The van der Waals surface area contributed by atoms with Gasteiger partial charge in [0, 0.05) is 0 Å². The van der Waals surface area contributed by atoms with Crippen molar-refractivity contribution in [3.8, 4) is 0 Å². The zero-order valence-corrected chi connectivity index (χ0v) is 14.8. The van der Waals surface area contributed by atoms with Crippen LogP contribution in [-0.4, -0.2) is 29.9 Å². The van der Waals surface area contributed by atoms with Gasteiger partial charge in [-0.15, -0.1) is 0 Å². The predicted octanol–water partition coefficient (Wildman–Crippen LogP) is 2.74. The lowest BCUT2D eigenvalue weighted by molar-refractivity contribution is -0.161. The summed E-state index contributed by atoms with van der Waals surface area (Å²) in [6, 6.07) is 12.3. The number of nitrogens with one attached hydrogen (secondary N) is 2. The summed E-state index contributed by atoms with van der Waals surface area (Å²) in [4.78, 5) is 28.8. The van der Waals surface area contributed by atoms with Crippen molar-refractivity contribution in [3.05, 3.63) is 66.2 Å². The Morgan fingerprint density at radius 1 is 1.11 bits per heavy atom. The van der Waals surface area contributed by atoms with E-state index in [1.54, 1.807) is 36.4 Å². The Balaban J connectivity index is 1.84. The van der Waals surface area contributed by atoms with E-state index in [1.807, 2.05) is 5.32 Å². The molecule has 2 amide bonds. The third-order valence-corrected chi connectivity index (χ3v) is 4.08. The standard InChI is InChI=1S/C19H17F3N4O2/c1-12-18(28)26(14-10-6-3-7-11-14)25-16(23-12)17(27)24-15(19(20,21)22)13-8-4-2-5-9-13/h2-12,15H,1H3,(H,23,25)(H,24,27). The maximum atomic E-state index is 13.5. The smallest absolute Gasteiger partial charge is 0.334 e.